The van der Waals surface area contributed by atoms with Crippen LogP contribution in [0.15, 0.2) is 42.5 Å². The molecule has 1 heterocycles. The van der Waals surface area contributed by atoms with Gasteiger partial charge in [-0.05, 0) is 63.2 Å². The smallest absolute Gasteiger partial charge is 0.175 e. The second-order valence-electron chi connectivity index (χ2n) is 6.73. The molecule has 0 spiro atoms. The Morgan fingerprint density at radius 1 is 1.04 bits per heavy atom. The summed E-state index contributed by atoms with van der Waals surface area (Å²) in [5.74, 6) is 0. The Labute approximate surface area is 170 Å². The van der Waals surface area contributed by atoms with Crippen molar-refractivity contribution in [3.63, 3.8) is 0 Å². The van der Waals surface area contributed by atoms with Crippen LogP contribution in [0.2, 0.25) is 5.02 Å². The van der Waals surface area contributed by atoms with Crippen LogP contribution in [0.25, 0.3) is 0 Å². The molecule has 0 unspecified atom stereocenters. The standard InChI is InChI=1S/C21H23ClN4S/c1-13-5-8-17(9-6-13)12-26-16(4)20(15(3)25-26)24-21(27)23-18-10-7-14(2)19(22)11-18/h5-11H,12H2,1-4H3,(H2,23,24,27). The summed E-state index contributed by atoms with van der Waals surface area (Å²) in [5, 5.41) is 12.3. The van der Waals surface area contributed by atoms with Crippen LogP contribution in [0.5, 0.6) is 0 Å². The third-order valence-corrected chi connectivity index (χ3v) is 5.11. The number of hydrogen-bond acceptors (Lipinski definition) is 2. The van der Waals surface area contributed by atoms with Crippen molar-refractivity contribution in [1.82, 2.24) is 9.78 Å². The third-order valence-electron chi connectivity index (χ3n) is 4.50. The summed E-state index contributed by atoms with van der Waals surface area (Å²) >= 11 is 11.6. The first-order valence-corrected chi connectivity index (χ1v) is 9.56. The van der Waals surface area contributed by atoms with E-state index in [1.54, 1.807) is 0 Å². The molecule has 3 aromatic rings. The van der Waals surface area contributed by atoms with E-state index in [2.05, 4.69) is 46.9 Å². The molecule has 1 aromatic heterocycles. The minimum Gasteiger partial charge on any atom is -0.332 e. The molecule has 0 atom stereocenters. The van der Waals surface area contributed by atoms with Crippen LogP contribution >= 0.6 is 23.8 Å². The van der Waals surface area contributed by atoms with Gasteiger partial charge in [0.2, 0.25) is 0 Å². The summed E-state index contributed by atoms with van der Waals surface area (Å²) in [4.78, 5) is 0. The van der Waals surface area contributed by atoms with Crippen LogP contribution in [0.1, 0.15) is 28.1 Å². The summed E-state index contributed by atoms with van der Waals surface area (Å²) in [7, 11) is 0. The zero-order chi connectivity index (χ0) is 19.6. The molecular formula is C21H23ClN4S. The minimum absolute atomic E-state index is 0.510. The summed E-state index contributed by atoms with van der Waals surface area (Å²) in [5.41, 5.74) is 7.23. The number of benzene rings is 2. The lowest BCUT2D eigenvalue weighted by molar-refractivity contribution is 0.659. The SMILES string of the molecule is Cc1ccc(Cn2nc(C)c(NC(=S)Nc3ccc(C)c(Cl)c3)c2C)cc1. The number of hydrogen-bond donors (Lipinski definition) is 2. The maximum Gasteiger partial charge on any atom is 0.175 e. The van der Waals surface area contributed by atoms with E-state index >= 15 is 0 Å². The van der Waals surface area contributed by atoms with Crippen molar-refractivity contribution in [2.75, 3.05) is 10.6 Å². The van der Waals surface area contributed by atoms with Gasteiger partial charge in [0.1, 0.15) is 0 Å². The molecule has 4 nitrogen and oxygen atoms in total. The largest absolute Gasteiger partial charge is 0.332 e. The summed E-state index contributed by atoms with van der Waals surface area (Å²) in [6.45, 7) is 8.80. The van der Waals surface area contributed by atoms with Crippen LogP contribution in [-0.2, 0) is 6.54 Å². The second-order valence-corrected chi connectivity index (χ2v) is 7.55. The van der Waals surface area contributed by atoms with Crippen molar-refractivity contribution in [2.24, 2.45) is 0 Å². The zero-order valence-electron chi connectivity index (χ0n) is 15.9. The quantitative estimate of drug-likeness (QED) is 0.559. The van der Waals surface area contributed by atoms with Gasteiger partial charge < -0.3 is 10.6 Å². The molecule has 3 rings (SSSR count). The first-order valence-electron chi connectivity index (χ1n) is 8.77. The lowest BCUT2D eigenvalue weighted by Crippen LogP contribution is -2.20. The molecule has 0 aliphatic carbocycles. The summed E-state index contributed by atoms with van der Waals surface area (Å²) < 4.78 is 1.99. The Bertz CT molecular complexity index is 977. The highest BCUT2D eigenvalue weighted by atomic mass is 35.5. The predicted molar refractivity (Wildman–Crippen MR) is 118 cm³/mol. The number of anilines is 2. The van der Waals surface area contributed by atoms with E-state index in [0.717, 1.165) is 34.9 Å². The van der Waals surface area contributed by atoms with Gasteiger partial charge in [-0.25, -0.2) is 0 Å². The van der Waals surface area contributed by atoms with Gasteiger partial charge in [-0.3, -0.25) is 4.68 Å². The van der Waals surface area contributed by atoms with Crippen LogP contribution in [-0.4, -0.2) is 14.9 Å². The lowest BCUT2D eigenvalue weighted by atomic mass is 10.1. The first kappa shape index (κ1) is 19.4. The molecule has 6 heteroatoms. The van der Waals surface area contributed by atoms with Gasteiger partial charge in [-0.1, -0.05) is 47.5 Å². The van der Waals surface area contributed by atoms with Crippen LogP contribution in [0.4, 0.5) is 11.4 Å². The van der Waals surface area contributed by atoms with E-state index in [1.807, 2.05) is 43.7 Å². The van der Waals surface area contributed by atoms with Gasteiger partial charge in [-0.2, -0.15) is 5.10 Å². The normalized spacial score (nSPS) is 10.7. The second kappa shape index (κ2) is 8.11. The Kier molecular flexibility index (Phi) is 5.82. The number of aryl methyl sites for hydroxylation is 3. The van der Waals surface area contributed by atoms with E-state index in [-0.39, 0.29) is 0 Å². The molecule has 2 aromatic carbocycles. The van der Waals surface area contributed by atoms with Gasteiger partial charge >= 0.3 is 0 Å². The summed E-state index contributed by atoms with van der Waals surface area (Å²) in [6, 6.07) is 14.3. The Balaban J connectivity index is 1.72. The zero-order valence-corrected chi connectivity index (χ0v) is 17.5. The molecule has 0 bridgehead atoms. The molecule has 0 saturated heterocycles. The summed E-state index contributed by atoms with van der Waals surface area (Å²) in [6.07, 6.45) is 0. The lowest BCUT2D eigenvalue weighted by Gasteiger charge is -2.12. The Hall–Kier alpha value is -2.37. The average molecular weight is 399 g/mol. The highest BCUT2D eigenvalue weighted by Gasteiger charge is 2.13. The fraction of sp³-hybridized carbons (Fsp3) is 0.238. The molecule has 0 aliphatic heterocycles. The van der Waals surface area contributed by atoms with Crippen molar-refractivity contribution >= 4 is 40.3 Å². The van der Waals surface area contributed by atoms with E-state index in [4.69, 9.17) is 23.8 Å². The number of nitrogens with one attached hydrogen (secondary N) is 2. The molecule has 0 radical (unpaired) electrons. The van der Waals surface area contributed by atoms with E-state index < -0.39 is 0 Å². The molecule has 0 aliphatic rings. The third kappa shape index (κ3) is 4.67. The maximum atomic E-state index is 6.18. The van der Waals surface area contributed by atoms with Crippen molar-refractivity contribution in [3.05, 3.63) is 75.6 Å². The number of halogens is 1. The number of rotatable bonds is 4. The Morgan fingerprint density at radius 2 is 1.74 bits per heavy atom. The van der Waals surface area contributed by atoms with Crippen LogP contribution < -0.4 is 10.6 Å². The molecule has 140 valence electrons. The fourth-order valence-corrected chi connectivity index (χ4v) is 3.25. The van der Waals surface area contributed by atoms with Crippen molar-refractivity contribution in [3.8, 4) is 0 Å². The monoisotopic (exact) mass is 398 g/mol. The predicted octanol–water partition coefficient (Wildman–Crippen LogP) is 5.63. The molecule has 0 saturated carbocycles. The van der Waals surface area contributed by atoms with E-state index in [1.165, 1.54) is 11.1 Å². The molecular weight excluding hydrogens is 376 g/mol. The van der Waals surface area contributed by atoms with Gasteiger partial charge in [-0.15, -0.1) is 0 Å². The van der Waals surface area contributed by atoms with Gasteiger partial charge in [0.05, 0.1) is 23.6 Å². The number of thiocarbonyl (C=S) groups is 1. The number of nitrogens with zero attached hydrogens (tertiary/aromatic N) is 2. The van der Waals surface area contributed by atoms with Gasteiger partial charge in [0.15, 0.2) is 5.11 Å². The van der Waals surface area contributed by atoms with Crippen molar-refractivity contribution < 1.29 is 0 Å². The van der Waals surface area contributed by atoms with Gasteiger partial charge in [0.25, 0.3) is 0 Å². The molecule has 27 heavy (non-hydrogen) atoms. The molecule has 0 amide bonds. The van der Waals surface area contributed by atoms with E-state index in [0.29, 0.717) is 10.1 Å². The topological polar surface area (TPSA) is 41.9 Å². The van der Waals surface area contributed by atoms with Crippen molar-refractivity contribution in [2.45, 2.75) is 34.2 Å². The maximum absolute atomic E-state index is 6.18. The fourth-order valence-electron chi connectivity index (χ4n) is 2.84. The highest BCUT2D eigenvalue weighted by molar-refractivity contribution is 7.80. The average Bonchev–Trinajstić information content (AvgIpc) is 2.87. The number of aromatic nitrogens is 2. The van der Waals surface area contributed by atoms with Gasteiger partial charge in [0, 0.05) is 10.7 Å². The van der Waals surface area contributed by atoms with Crippen molar-refractivity contribution in [1.29, 1.82) is 0 Å². The minimum atomic E-state index is 0.510. The molecule has 0 fully saturated rings. The van der Waals surface area contributed by atoms with Crippen LogP contribution in [0, 0.1) is 27.7 Å². The molecule has 2 N–H and O–H groups in total. The first-order chi connectivity index (χ1) is 12.8. The van der Waals surface area contributed by atoms with E-state index in [9.17, 15) is 0 Å². The van der Waals surface area contributed by atoms with Crippen LogP contribution in [0.3, 0.4) is 0 Å². The highest BCUT2D eigenvalue weighted by Crippen LogP contribution is 2.23. The Morgan fingerprint density at radius 3 is 2.41 bits per heavy atom.